The Balaban J connectivity index is 2.01. The van der Waals surface area contributed by atoms with Gasteiger partial charge in [-0.3, -0.25) is 0 Å². The Hall–Kier alpha value is -0.952. The second-order valence-electron chi connectivity index (χ2n) is 3.81. The van der Waals surface area contributed by atoms with Crippen molar-refractivity contribution in [3.63, 3.8) is 0 Å². The molecule has 0 bridgehead atoms. The van der Waals surface area contributed by atoms with Crippen molar-refractivity contribution in [2.24, 2.45) is 4.99 Å². The molecule has 1 aromatic rings. The van der Waals surface area contributed by atoms with Gasteiger partial charge in [0.2, 0.25) is 0 Å². The van der Waals surface area contributed by atoms with Crippen LogP contribution in [0.3, 0.4) is 0 Å². The molecule has 2 atom stereocenters. The van der Waals surface area contributed by atoms with Crippen molar-refractivity contribution < 1.29 is 4.74 Å². The van der Waals surface area contributed by atoms with Crippen molar-refractivity contribution in [3.05, 3.63) is 30.3 Å². The second-order valence-corrected chi connectivity index (χ2v) is 4.84. The number of likely N-dealkylation sites (N-methyl/N-ethyl adjacent to an activating group) is 1. The molecule has 0 aromatic heterocycles. The fourth-order valence-corrected chi connectivity index (χ4v) is 2.48. The number of hydrogen-bond donors (Lipinski definition) is 0. The molecule has 2 rings (SSSR count). The Kier molecular flexibility index (Phi) is 3.89. The molecular formula is C12H17AsN2O. The van der Waals surface area contributed by atoms with Crippen LogP contribution in [0.5, 0.6) is 0 Å². The summed E-state index contributed by atoms with van der Waals surface area (Å²) in [5.74, 6) is 0. The van der Waals surface area contributed by atoms with Crippen LogP contribution < -0.4 is 4.90 Å². The zero-order valence-corrected chi connectivity index (χ0v) is 11.9. The predicted molar refractivity (Wildman–Crippen MR) is 70.0 cm³/mol. The number of hydrogen-bond acceptors (Lipinski definition) is 3. The van der Waals surface area contributed by atoms with Crippen molar-refractivity contribution >= 4 is 27.2 Å². The molecule has 0 saturated carbocycles. The summed E-state index contributed by atoms with van der Waals surface area (Å²) < 4.78 is 6.27. The van der Waals surface area contributed by atoms with Crippen LogP contribution >= 0.6 is 0 Å². The van der Waals surface area contributed by atoms with E-state index in [0.29, 0.717) is 6.04 Å². The van der Waals surface area contributed by atoms with Gasteiger partial charge in [0.05, 0.1) is 0 Å². The molecule has 0 spiro atoms. The van der Waals surface area contributed by atoms with Gasteiger partial charge in [-0.05, 0) is 0 Å². The van der Waals surface area contributed by atoms with E-state index in [2.05, 4.69) is 41.1 Å². The number of anilines is 1. The molecule has 0 radical (unpaired) electrons. The summed E-state index contributed by atoms with van der Waals surface area (Å²) in [4.78, 5) is 6.82. The van der Waals surface area contributed by atoms with Crippen LogP contribution in [0.2, 0.25) is 0 Å². The summed E-state index contributed by atoms with van der Waals surface area (Å²) in [5.41, 5.74) is 1.26. The maximum atomic E-state index is 5.40. The van der Waals surface area contributed by atoms with E-state index in [9.17, 15) is 0 Å². The third-order valence-corrected chi connectivity index (χ3v) is 3.33. The van der Waals surface area contributed by atoms with Crippen molar-refractivity contribution in [1.82, 2.24) is 0 Å². The van der Waals surface area contributed by atoms with Crippen molar-refractivity contribution in [1.29, 1.82) is 0 Å². The summed E-state index contributed by atoms with van der Waals surface area (Å²) >= 11 is 1.47. The first-order valence-corrected chi connectivity index (χ1v) is 6.76. The molecule has 0 N–H and O–H groups in total. The average Bonchev–Trinajstić information content (AvgIpc) is 2.73. The van der Waals surface area contributed by atoms with E-state index in [0.717, 1.165) is 24.4 Å². The first-order chi connectivity index (χ1) is 7.79. The topological polar surface area (TPSA) is 24.8 Å². The number of para-hydroxylation sites is 1. The van der Waals surface area contributed by atoms with Crippen LogP contribution in [0.1, 0.15) is 6.92 Å². The summed E-state index contributed by atoms with van der Waals surface area (Å²) in [7, 11) is 0. The van der Waals surface area contributed by atoms with Gasteiger partial charge in [-0.25, -0.2) is 0 Å². The summed E-state index contributed by atoms with van der Waals surface area (Å²) in [6.07, 6.45) is 0. The molecule has 0 aliphatic carbocycles. The van der Waals surface area contributed by atoms with Crippen molar-refractivity contribution in [2.45, 2.75) is 13.0 Å². The zero-order valence-electron chi connectivity index (χ0n) is 9.47. The number of aliphatic imine (C=N–C) groups is 1. The minimum absolute atomic E-state index is 0.294. The third-order valence-electron chi connectivity index (χ3n) is 2.67. The Bertz CT molecular complexity index is 367. The van der Waals surface area contributed by atoms with Gasteiger partial charge in [0.25, 0.3) is 0 Å². The molecule has 4 heteroatoms. The average molecular weight is 280 g/mol. The van der Waals surface area contributed by atoms with E-state index in [1.165, 1.54) is 22.5 Å². The van der Waals surface area contributed by atoms with Gasteiger partial charge in [0.1, 0.15) is 0 Å². The van der Waals surface area contributed by atoms with Gasteiger partial charge < -0.3 is 0 Å². The summed E-state index contributed by atoms with van der Waals surface area (Å²) in [5, 5.41) is 0. The van der Waals surface area contributed by atoms with Gasteiger partial charge >= 0.3 is 105 Å². The van der Waals surface area contributed by atoms with Crippen molar-refractivity contribution in [2.75, 3.05) is 24.6 Å². The molecule has 3 nitrogen and oxygen atoms in total. The van der Waals surface area contributed by atoms with Crippen LogP contribution in [-0.4, -0.2) is 47.3 Å². The van der Waals surface area contributed by atoms with E-state index in [1.54, 1.807) is 0 Å². The fourth-order valence-electron chi connectivity index (χ4n) is 1.84. The van der Waals surface area contributed by atoms with Crippen LogP contribution in [0.4, 0.5) is 5.69 Å². The Morgan fingerprint density at radius 2 is 2.19 bits per heavy atom. The Morgan fingerprint density at radius 3 is 2.75 bits per heavy atom. The fraction of sp³-hybridized carbons (Fsp3) is 0.417. The molecule has 16 heavy (non-hydrogen) atoms. The molecular weight excluding hydrogens is 263 g/mol. The SMILES string of the molecule is CCN(CC1COC([AsH2])=N1)c1ccccc1. The van der Waals surface area contributed by atoms with E-state index in [4.69, 9.17) is 4.74 Å². The molecule has 0 saturated heterocycles. The molecule has 1 aliphatic rings. The molecule has 1 aromatic carbocycles. The monoisotopic (exact) mass is 280 g/mol. The summed E-state index contributed by atoms with van der Waals surface area (Å²) in [6, 6.07) is 10.8. The molecule has 1 heterocycles. The third kappa shape index (κ3) is 2.79. The molecule has 2 unspecified atom stereocenters. The summed E-state index contributed by atoms with van der Waals surface area (Å²) in [6.45, 7) is 4.84. The Morgan fingerprint density at radius 1 is 1.44 bits per heavy atom. The van der Waals surface area contributed by atoms with Gasteiger partial charge in [0.15, 0.2) is 0 Å². The maximum absolute atomic E-state index is 5.40. The standard InChI is InChI=1S/C12H17AsN2O/c1-2-15(11-6-4-3-5-7-11)8-10-9-16-12(13)14-10/h3-7,10H,2,8-9,13H2,1H3. The quantitative estimate of drug-likeness (QED) is 0.766. The number of ether oxygens (including phenoxy) is 1. The first kappa shape index (κ1) is 11.5. The van der Waals surface area contributed by atoms with Crippen molar-refractivity contribution in [3.8, 4) is 0 Å². The predicted octanol–water partition coefficient (Wildman–Crippen LogP) is 0.901. The van der Waals surface area contributed by atoms with Crippen LogP contribution in [0.15, 0.2) is 35.3 Å². The molecule has 1 aliphatic heterocycles. The van der Waals surface area contributed by atoms with Crippen LogP contribution in [0, 0.1) is 0 Å². The Labute approximate surface area is 105 Å². The van der Waals surface area contributed by atoms with E-state index in [-0.39, 0.29) is 0 Å². The van der Waals surface area contributed by atoms with E-state index < -0.39 is 0 Å². The number of benzene rings is 1. The zero-order chi connectivity index (χ0) is 11.4. The molecule has 86 valence electrons. The normalized spacial score (nSPS) is 19.1. The van der Waals surface area contributed by atoms with E-state index >= 15 is 0 Å². The first-order valence-electron chi connectivity index (χ1n) is 5.55. The van der Waals surface area contributed by atoms with Gasteiger partial charge in [-0.2, -0.15) is 0 Å². The molecule has 0 fully saturated rings. The van der Waals surface area contributed by atoms with Crippen LogP contribution in [0.25, 0.3) is 0 Å². The van der Waals surface area contributed by atoms with Gasteiger partial charge in [-0.1, -0.05) is 0 Å². The number of rotatable bonds is 4. The second kappa shape index (κ2) is 5.40. The van der Waals surface area contributed by atoms with Gasteiger partial charge in [-0.15, -0.1) is 0 Å². The minimum atomic E-state index is 0.294. The van der Waals surface area contributed by atoms with E-state index in [1.807, 2.05) is 6.07 Å². The van der Waals surface area contributed by atoms with Gasteiger partial charge in [0, 0.05) is 0 Å². The molecule has 0 amide bonds. The van der Waals surface area contributed by atoms with Crippen LogP contribution in [-0.2, 0) is 4.74 Å². The number of nitrogens with zero attached hydrogens (tertiary/aromatic N) is 2.